The third-order valence-corrected chi connectivity index (χ3v) is 1.51. The van der Waals surface area contributed by atoms with Crippen LogP contribution in [0.25, 0.3) is 10.9 Å². The van der Waals surface area contributed by atoms with Crippen molar-refractivity contribution in [2.75, 3.05) is 0 Å². The highest BCUT2D eigenvalue weighted by molar-refractivity contribution is 5.77. The Morgan fingerprint density at radius 3 is 2.29 bits per heavy atom. The van der Waals surface area contributed by atoms with Gasteiger partial charge in [-0.25, -0.2) is 0 Å². The molecule has 0 aliphatic heterocycles. The van der Waals surface area contributed by atoms with Crippen molar-refractivity contribution in [3.05, 3.63) is 42.6 Å². The molecule has 74 valence electrons. The molecule has 0 bridgehead atoms. The Bertz CT molecular complexity index is 316. The molecule has 0 radical (unpaired) electrons. The highest BCUT2D eigenvalue weighted by Gasteiger charge is 1.86. The quantitative estimate of drug-likeness (QED) is 0.691. The highest BCUT2D eigenvalue weighted by atomic mass is 16.3. The summed E-state index contributed by atoms with van der Waals surface area (Å²) in [5.41, 5.74) is 1.06. The predicted molar refractivity (Wildman–Crippen MR) is 59.1 cm³/mol. The van der Waals surface area contributed by atoms with Gasteiger partial charge in [-0.05, 0) is 26.0 Å². The number of rotatable bonds is 0. The maximum Gasteiger partial charge on any atom is 0.0701 e. The number of aromatic nitrogens is 1. The van der Waals surface area contributed by atoms with Crippen molar-refractivity contribution in [3.8, 4) is 0 Å². The Balaban J connectivity index is 0.000000213. The van der Waals surface area contributed by atoms with Crippen molar-refractivity contribution >= 4 is 10.9 Å². The molecule has 0 saturated heterocycles. The smallest absolute Gasteiger partial charge is 0.0701 e. The zero-order chi connectivity index (χ0) is 10.4. The molecule has 0 saturated carbocycles. The third kappa shape index (κ3) is 3.54. The zero-order valence-corrected chi connectivity index (χ0v) is 8.51. The lowest BCUT2D eigenvalue weighted by molar-refractivity contribution is 0.216. The van der Waals surface area contributed by atoms with Crippen molar-refractivity contribution in [2.24, 2.45) is 0 Å². The van der Waals surface area contributed by atoms with E-state index in [0.717, 1.165) is 5.52 Å². The van der Waals surface area contributed by atoms with Crippen LogP contribution in [-0.2, 0) is 0 Å². The SMILES string of the molecule is CC(C)O.c1ccc2ncccc2c1. The predicted octanol–water partition coefficient (Wildman–Crippen LogP) is 2.62. The van der Waals surface area contributed by atoms with E-state index in [-0.39, 0.29) is 6.10 Å². The number of pyridine rings is 1. The molecule has 2 heteroatoms. The lowest BCUT2D eigenvalue weighted by Gasteiger charge is -1.91. The molecule has 0 fully saturated rings. The normalized spacial score (nSPS) is 9.71. The fourth-order valence-electron chi connectivity index (χ4n) is 1.02. The van der Waals surface area contributed by atoms with Gasteiger partial charge in [0.25, 0.3) is 0 Å². The van der Waals surface area contributed by atoms with Gasteiger partial charge >= 0.3 is 0 Å². The van der Waals surface area contributed by atoms with E-state index in [4.69, 9.17) is 5.11 Å². The van der Waals surface area contributed by atoms with Crippen molar-refractivity contribution in [2.45, 2.75) is 20.0 Å². The van der Waals surface area contributed by atoms with Crippen molar-refractivity contribution in [1.82, 2.24) is 4.98 Å². The lowest BCUT2D eigenvalue weighted by atomic mass is 10.2. The van der Waals surface area contributed by atoms with Gasteiger partial charge in [0.05, 0.1) is 5.52 Å². The maximum atomic E-state index is 8.06. The molecule has 0 aliphatic carbocycles. The van der Waals surface area contributed by atoms with E-state index in [9.17, 15) is 0 Å². The molecule has 2 aromatic rings. The van der Waals surface area contributed by atoms with Crippen LogP contribution in [0, 0.1) is 0 Å². The van der Waals surface area contributed by atoms with Gasteiger partial charge in [0.15, 0.2) is 0 Å². The average Bonchev–Trinajstić information content (AvgIpc) is 2.17. The van der Waals surface area contributed by atoms with Crippen molar-refractivity contribution in [1.29, 1.82) is 0 Å². The zero-order valence-electron chi connectivity index (χ0n) is 8.51. The second kappa shape index (κ2) is 5.35. The summed E-state index contributed by atoms with van der Waals surface area (Å²) in [6.07, 6.45) is 1.64. The van der Waals surface area contributed by atoms with Crippen LogP contribution in [0.1, 0.15) is 13.8 Å². The summed E-state index contributed by atoms with van der Waals surface area (Å²) < 4.78 is 0. The van der Waals surface area contributed by atoms with Gasteiger partial charge in [0.2, 0.25) is 0 Å². The number of aliphatic hydroxyl groups excluding tert-OH is 1. The van der Waals surface area contributed by atoms with E-state index < -0.39 is 0 Å². The Hall–Kier alpha value is -1.41. The first kappa shape index (κ1) is 10.7. The van der Waals surface area contributed by atoms with Gasteiger partial charge in [-0.2, -0.15) is 0 Å². The average molecular weight is 189 g/mol. The van der Waals surface area contributed by atoms with E-state index in [1.54, 1.807) is 13.8 Å². The molecule has 1 aromatic heterocycles. The Labute approximate surface area is 84.2 Å². The summed E-state index contributed by atoms with van der Waals surface area (Å²) in [7, 11) is 0. The molecule has 2 nitrogen and oxygen atoms in total. The Kier molecular flexibility index (Phi) is 4.08. The molecule has 0 atom stereocenters. The first-order chi connectivity index (χ1) is 6.70. The van der Waals surface area contributed by atoms with E-state index >= 15 is 0 Å². The summed E-state index contributed by atoms with van der Waals surface area (Å²) in [5, 5.41) is 9.25. The van der Waals surface area contributed by atoms with E-state index in [1.165, 1.54) is 5.39 Å². The molecule has 0 spiro atoms. The van der Waals surface area contributed by atoms with Gasteiger partial charge in [0, 0.05) is 17.7 Å². The molecule has 0 aliphatic rings. The van der Waals surface area contributed by atoms with Crippen LogP contribution in [0.3, 0.4) is 0 Å². The molecule has 14 heavy (non-hydrogen) atoms. The minimum absolute atomic E-state index is 0.167. The summed E-state index contributed by atoms with van der Waals surface area (Å²) >= 11 is 0. The van der Waals surface area contributed by atoms with E-state index in [2.05, 4.69) is 17.1 Å². The monoisotopic (exact) mass is 189 g/mol. The third-order valence-electron chi connectivity index (χ3n) is 1.51. The number of benzene rings is 1. The number of aliphatic hydroxyl groups is 1. The fourth-order valence-corrected chi connectivity index (χ4v) is 1.02. The second-order valence-electron chi connectivity index (χ2n) is 3.29. The molecule has 0 amide bonds. The number of hydrogen-bond donors (Lipinski definition) is 1. The van der Waals surface area contributed by atoms with Gasteiger partial charge < -0.3 is 5.11 Å². The van der Waals surface area contributed by atoms with Crippen LogP contribution in [-0.4, -0.2) is 16.2 Å². The van der Waals surface area contributed by atoms with Gasteiger partial charge in [0.1, 0.15) is 0 Å². The van der Waals surface area contributed by atoms with Gasteiger partial charge in [-0.15, -0.1) is 0 Å². The molecular formula is C12H15NO. The maximum absolute atomic E-state index is 8.06. The van der Waals surface area contributed by atoms with Crippen LogP contribution in [0.2, 0.25) is 0 Å². The fraction of sp³-hybridized carbons (Fsp3) is 0.250. The summed E-state index contributed by atoms with van der Waals surface area (Å²) in [6.45, 7) is 3.44. The highest BCUT2D eigenvalue weighted by Crippen LogP contribution is 2.07. The lowest BCUT2D eigenvalue weighted by Crippen LogP contribution is -1.85. The largest absolute Gasteiger partial charge is 0.394 e. The van der Waals surface area contributed by atoms with Crippen LogP contribution in [0.4, 0.5) is 0 Å². The van der Waals surface area contributed by atoms with Crippen LogP contribution in [0.15, 0.2) is 42.6 Å². The molecule has 0 unspecified atom stereocenters. The molecule has 1 heterocycles. The Morgan fingerprint density at radius 1 is 1.07 bits per heavy atom. The van der Waals surface area contributed by atoms with Crippen LogP contribution >= 0.6 is 0 Å². The number of fused-ring (bicyclic) bond motifs is 1. The molecular weight excluding hydrogens is 174 g/mol. The van der Waals surface area contributed by atoms with Crippen molar-refractivity contribution in [3.63, 3.8) is 0 Å². The molecule has 1 aromatic carbocycles. The first-order valence-corrected chi connectivity index (χ1v) is 4.68. The molecule has 1 N–H and O–H groups in total. The standard InChI is InChI=1S/C9H7N.C3H8O/c1-2-6-9-8(4-1)5-3-7-10-9;1-3(2)4/h1-7H;3-4H,1-2H3. The number of para-hydroxylation sites is 1. The number of nitrogens with zero attached hydrogens (tertiary/aromatic N) is 1. The van der Waals surface area contributed by atoms with E-state index in [0.29, 0.717) is 0 Å². The first-order valence-electron chi connectivity index (χ1n) is 4.68. The van der Waals surface area contributed by atoms with Crippen LogP contribution < -0.4 is 0 Å². The minimum Gasteiger partial charge on any atom is -0.394 e. The topological polar surface area (TPSA) is 33.1 Å². The summed E-state index contributed by atoms with van der Waals surface area (Å²) in [6, 6.07) is 12.1. The minimum atomic E-state index is -0.167. The second-order valence-corrected chi connectivity index (χ2v) is 3.29. The Morgan fingerprint density at radius 2 is 1.64 bits per heavy atom. The van der Waals surface area contributed by atoms with E-state index in [1.807, 2.05) is 30.5 Å². The van der Waals surface area contributed by atoms with Gasteiger partial charge in [-0.3, -0.25) is 4.98 Å². The van der Waals surface area contributed by atoms with Gasteiger partial charge in [-0.1, -0.05) is 24.3 Å². The van der Waals surface area contributed by atoms with Crippen molar-refractivity contribution < 1.29 is 5.11 Å². The summed E-state index contributed by atoms with van der Waals surface area (Å²) in [4.78, 5) is 4.18. The summed E-state index contributed by atoms with van der Waals surface area (Å²) in [5.74, 6) is 0. The van der Waals surface area contributed by atoms with Crippen LogP contribution in [0.5, 0.6) is 0 Å². The molecule has 2 rings (SSSR count). The number of hydrogen-bond acceptors (Lipinski definition) is 2.